The van der Waals surface area contributed by atoms with Gasteiger partial charge >= 0.3 is 0 Å². The van der Waals surface area contributed by atoms with Crippen LogP contribution in [0.25, 0.3) is 0 Å². The van der Waals surface area contributed by atoms with Crippen LogP contribution in [0.2, 0.25) is 0 Å². The summed E-state index contributed by atoms with van der Waals surface area (Å²) < 4.78 is 2.86. The molecule has 0 amide bonds. The van der Waals surface area contributed by atoms with Crippen LogP contribution in [0.15, 0.2) is 0 Å². The normalized spacial score (nSPS) is 21.4. The van der Waals surface area contributed by atoms with Crippen molar-refractivity contribution < 1.29 is 0 Å². The zero-order valence-corrected chi connectivity index (χ0v) is 10.9. The Balaban J connectivity index is 2.22. The summed E-state index contributed by atoms with van der Waals surface area (Å²) in [5.41, 5.74) is 0. The summed E-state index contributed by atoms with van der Waals surface area (Å²) in [4.78, 5) is 2.36. The van der Waals surface area contributed by atoms with Crippen LogP contribution in [0.1, 0.15) is 33.1 Å². The van der Waals surface area contributed by atoms with Crippen LogP contribution in [0.3, 0.4) is 0 Å². The first kappa shape index (κ1) is 11.6. The van der Waals surface area contributed by atoms with E-state index in [0.717, 1.165) is 42.7 Å². The largest absolute Gasteiger partial charge is 0.341 e. The van der Waals surface area contributed by atoms with Gasteiger partial charge in [-0.3, -0.25) is 4.57 Å². The highest BCUT2D eigenvalue weighted by Crippen LogP contribution is 2.21. The van der Waals surface area contributed by atoms with Gasteiger partial charge in [0, 0.05) is 19.6 Å². The van der Waals surface area contributed by atoms with E-state index >= 15 is 0 Å². The second kappa shape index (κ2) is 4.99. The van der Waals surface area contributed by atoms with Gasteiger partial charge in [-0.2, -0.15) is 0 Å². The Bertz CT molecular complexity index is 395. The Morgan fingerprint density at radius 1 is 1.56 bits per heavy atom. The molecule has 1 N–H and O–H groups in total. The van der Waals surface area contributed by atoms with Crippen molar-refractivity contribution in [1.82, 2.24) is 14.8 Å². The van der Waals surface area contributed by atoms with Crippen molar-refractivity contribution >= 4 is 18.2 Å². The number of aromatic nitrogens is 3. The molecule has 1 fully saturated rings. The molecule has 0 spiro atoms. The third kappa shape index (κ3) is 2.29. The highest BCUT2D eigenvalue weighted by molar-refractivity contribution is 7.71. The molecule has 1 saturated heterocycles. The number of H-pyrrole nitrogens is 1. The molecular formula is C11H20N4S. The first-order valence-corrected chi connectivity index (χ1v) is 6.53. The van der Waals surface area contributed by atoms with Gasteiger partial charge in [0.1, 0.15) is 0 Å². The zero-order chi connectivity index (χ0) is 11.5. The molecule has 4 nitrogen and oxygen atoms in total. The van der Waals surface area contributed by atoms with E-state index in [1.54, 1.807) is 0 Å². The van der Waals surface area contributed by atoms with Crippen LogP contribution in [-0.2, 0) is 6.54 Å². The molecule has 1 aliphatic rings. The third-order valence-electron chi connectivity index (χ3n) is 3.13. The van der Waals surface area contributed by atoms with Crippen molar-refractivity contribution in [2.45, 2.75) is 39.7 Å². The predicted molar refractivity (Wildman–Crippen MR) is 68.3 cm³/mol. The number of hydrogen-bond donors (Lipinski definition) is 1. The first-order chi connectivity index (χ1) is 7.72. The van der Waals surface area contributed by atoms with Gasteiger partial charge in [0.15, 0.2) is 4.77 Å². The molecule has 0 radical (unpaired) electrons. The lowest BCUT2D eigenvalue weighted by atomic mass is 10.0. The molecule has 16 heavy (non-hydrogen) atoms. The van der Waals surface area contributed by atoms with Crippen LogP contribution < -0.4 is 4.90 Å². The van der Waals surface area contributed by atoms with Gasteiger partial charge in [0.2, 0.25) is 5.95 Å². The van der Waals surface area contributed by atoms with E-state index in [2.05, 4.69) is 33.5 Å². The Morgan fingerprint density at radius 2 is 2.38 bits per heavy atom. The molecule has 1 atom stereocenters. The van der Waals surface area contributed by atoms with Crippen molar-refractivity contribution in [1.29, 1.82) is 0 Å². The van der Waals surface area contributed by atoms with Crippen molar-refractivity contribution in [3.63, 3.8) is 0 Å². The third-order valence-corrected chi connectivity index (χ3v) is 3.44. The van der Waals surface area contributed by atoms with Crippen LogP contribution in [0.4, 0.5) is 5.95 Å². The summed E-state index contributed by atoms with van der Waals surface area (Å²) in [7, 11) is 0. The van der Waals surface area contributed by atoms with E-state index < -0.39 is 0 Å². The Labute approximate surface area is 102 Å². The number of piperidine rings is 1. The molecule has 1 aromatic rings. The SMILES string of the molecule is CCCn1c(N2CCCC(C)C2)n[nH]c1=S. The Morgan fingerprint density at radius 3 is 3.06 bits per heavy atom. The lowest BCUT2D eigenvalue weighted by molar-refractivity contribution is 0.436. The molecule has 0 aliphatic carbocycles. The fourth-order valence-corrected chi connectivity index (χ4v) is 2.57. The number of nitrogens with zero attached hydrogens (tertiary/aromatic N) is 3. The average Bonchev–Trinajstić information content (AvgIpc) is 2.61. The summed E-state index contributed by atoms with van der Waals surface area (Å²) in [5.74, 6) is 1.78. The van der Waals surface area contributed by atoms with E-state index in [1.165, 1.54) is 12.8 Å². The molecule has 0 aromatic carbocycles. The minimum absolute atomic E-state index is 0.745. The van der Waals surface area contributed by atoms with Crippen LogP contribution >= 0.6 is 12.2 Å². The molecular weight excluding hydrogens is 220 g/mol. The van der Waals surface area contributed by atoms with Gasteiger partial charge in [0.05, 0.1) is 0 Å². The van der Waals surface area contributed by atoms with Crippen LogP contribution in [-0.4, -0.2) is 27.9 Å². The van der Waals surface area contributed by atoms with E-state index in [0.29, 0.717) is 0 Å². The first-order valence-electron chi connectivity index (χ1n) is 6.12. The number of aromatic amines is 1. The summed E-state index contributed by atoms with van der Waals surface area (Å²) in [6, 6.07) is 0. The lowest BCUT2D eigenvalue weighted by Gasteiger charge is -2.31. The van der Waals surface area contributed by atoms with Crippen molar-refractivity contribution in [2.24, 2.45) is 5.92 Å². The molecule has 2 rings (SSSR count). The monoisotopic (exact) mass is 240 g/mol. The quantitative estimate of drug-likeness (QED) is 0.825. The maximum atomic E-state index is 5.26. The van der Waals surface area contributed by atoms with E-state index in [9.17, 15) is 0 Å². The number of anilines is 1. The summed E-state index contributed by atoms with van der Waals surface area (Å²) in [6.45, 7) is 7.63. The van der Waals surface area contributed by atoms with E-state index in [1.807, 2.05) is 0 Å². The summed E-state index contributed by atoms with van der Waals surface area (Å²) in [5, 5.41) is 7.27. The predicted octanol–water partition coefficient (Wildman–Crippen LogP) is 2.59. The zero-order valence-electron chi connectivity index (χ0n) is 10.1. The van der Waals surface area contributed by atoms with Crippen molar-refractivity contribution in [3.8, 4) is 0 Å². The van der Waals surface area contributed by atoms with E-state index in [4.69, 9.17) is 12.2 Å². The Kier molecular flexibility index (Phi) is 3.63. The second-order valence-corrected chi connectivity index (χ2v) is 5.06. The standard InChI is InChI=1S/C11H20N4S/c1-3-6-15-10(12-13-11(15)16)14-7-4-5-9(2)8-14/h9H,3-8H2,1-2H3,(H,13,16). The highest BCUT2D eigenvalue weighted by atomic mass is 32.1. The lowest BCUT2D eigenvalue weighted by Crippen LogP contribution is -2.36. The van der Waals surface area contributed by atoms with Gasteiger partial charge in [0.25, 0.3) is 0 Å². The second-order valence-electron chi connectivity index (χ2n) is 4.67. The molecule has 2 heterocycles. The van der Waals surface area contributed by atoms with Crippen LogP contribution in [0, 0.1) is 10.7 Å². The summed E-state index contributed by atoms with van der Waals surface area (Å²) in [6.07, 6.45) is 3.67. The van der Waals surface area contributed by atoms with Crippen LogP contribution in [0.5, 0.6) is 0 Å². The molecule has 1 aliphatic heterocycles. The molecule has 1 aromatic heterocycles. The maximum Gasteiger partial charge on any atom is 0.225 e. The number of nitrogens with one attached hydrogen (secondary N) is 1. The van der Waals surface area contributed by atoms with E-state index in [-0.39, 0.29) is 0 Å². The van der Waals surface area contributed by atoms with Gasteiger partial charge in [-0.15, -0.1) is 5.10 Å². The molecule has 5 heteroatoms. The minimum Gasteiger partial charge on any atom is -0.341 e. The molecule has 0 saturated carbocycles. The average molecular weight is 240 g/mol. The Hall–Kier alpha value is -0.840. The fraction of sp³-hybridized carbons (Fsp3) is 0.818. The maximum absolute atomic E-state index is 5.26. The number of hydrogen-bond acceptors (Lipinski definition) is 3. The van der Waals surface area contributed by atoms with Gasteiger partial charge in [-0.25, -0.2) is 5.10 Å². The molecule has 0 bridgehead atoms. The molecule has 1 unspecified atom stereocenters. The number of rotatable bonds is 3. The molecule has 90 valence electrons. The topological polar surface area (TPSA) is 36.9 Å². The van der Waals surface area contributed by atoms with Gasteiger partial charge in [-0.05, 0) is 37.4 Å². The minimum atomic E-state index is 0.745. The summed E-state index contributed by atoms with van der Waals surface area (Å²) >= 11 is 5.26. The van der Waals surface area contributed by atoms with Crippen molar-refractivity contribution in [2.75, 3.05) is 18.0 Å². The fourth-order valence-electron chi connectivity index (χ4n) is 2.35. The van der Waals surface area contributed by atoms with Gasteiger partial charge < -0.3 is 4.90 Å². The van der Waals surface area contributed by atoms with Gasteiger partial charge in [-0.1, -0.05) is 13.8 Å². The van der Waals surface area contributed by atoms with Crippen molar-refractivity contribution in [3.05, 3.63) is 4.77 Å². The highest BCUT2D eigenvalue weighted by Gasteiger charge is 2.20. The smallest absolute Gasteiger partial charge is 0.225 e.